The van der Waals surface area contributed by atoms with Gasteiger partial charge in [0.2, 0.25) is 5.91 Å². The van der Waals surface area contributed by atoms with Crippen LogP contribution in [-0.2, 0) is 11.3 Å². The second kappa shape index (κ2) is 8.22. The number of rotatable bonds is 6. The molecule has 0 saturated carbocycles. The summed E-state index contributed by atoms with van der Waals surface area (Å²) in [6.45, 7) is 7.85. The molecule has 138 valence electrons. The summed E-state index contributed by atoms with van der Waals surface area (Å²) < 4.78 is 1.55. The summed E-state index contributed by atoms with van der Waals surface area (Å²) in [5, 5.41) is 3.54. The first-order chi connectivity index (χ1) is 13.0. The highest BCUT2D eigenvalue weighted by molar-refractivity contribution is 8.00. The highest BCUT2D eigenvalue weighted by atomic mass is 32.2. The lowest BCUT2D eigenvalue weighted by Crippen LogP contribution is -2.26. The van der Waals surface area contributed by atoms with Crippen molar-refractivity contribution >= 4 is 34.3 Å². The fourth-order valence-electron chi connectivity index (χ4n) is 2.62. The van der Waals surface area contributed by atoms with Gasteiger partial charge in [-0.1, -0.05) is 47.7 Å². The van der Waals surface area contributed by atoms with Crippen LogP contribution >= 0.6 is 11.8 Å². The fourth-order valence-corrected chi connectivity index (χ4v) is 3.54. The molecule has 0 aliphatic carbocycles. The third kappa shape index (κ3) is 4.28. The van der Waals surface area contributed by atoms with Gasteiger partial charge >= 0.3 is 0 Å². The Morgan fingerprint density at radius 3 is 2.67 bits per heavy atom. The number of anilines is 1. The minimum atomic E-state index is -0.421. The van der Waals surface area contributed by atoms with E-state index in [-0.39, 0.29) is 11.5 Å². The van der Waals surface area contributed by atoms with Crippen LogP contribution in [0.2, 0.25) is 0 Å². The number of aromatic nitrogens is 2. The average molecular weight is 379 g/mol. The van der Waals surface area contributed by atoms with Gasteiger partial charge < -0.3 is 5.32 Å². The number of nitrogens with zero attached hydrogens (tertiary/aromatic N) is 2. The monoisotopic (exact) mass is 379 g/mol. The maximum Gasteiger partial charge on any atom is 0.262 e. The van der Waals surface area contributed by atoms with E-state index in [2.05, 4.69) is 16.9 Å². The van der Waals surface area contributed by atoms with Crippen LogP contribution in [-0.4, -0.2) is 20.7 Å². The Hall–Kier alpha value is -2.86. The molecule has 0 radical (unpaired) electrons. The van der Waals surface area contributed by atoms with Gasteiger partial charge in [0, 0.05) is 12.2 Å². The van der Waals surface area contributed by atoms with Gasteiger partial charge in [-0.15, -0.1) is 6.58 Å². The van der Waals surface area contributed by atoms with Crippen molar-refractivity contribution in [2.45, 2.75) is 30.8 Å². The largest absolute Gasteiger partial charge is 0.325 e. The highest BCUT2D eigenvalue weighted by Crippen LogP contribution is 2.23. The van der Waals surface area contributed by atoms with Gasteiger partial charge in [-0.25, -0.2) is 4.98 Å². The minimum absolute atomic E-state index is 0.130. The molecule has 1 N–H and O–H groups in total. The number of hydrogen-bond acceptors (Lipinski definition) is 4. The first kappa shape index (κ1) is 18.9. The van der Waals surface area contributed by atoms with E-state index in [4.69, 9.17) is 0 Å². The summed E-state index contributed by atoms with van der Waals surface area (Å²) in [6.07, 6.45) is 1.65. The molecular formula is C21H21N3O2S. The number of benzene rings is 2. The predicted molar refractivity (Wildman–Crippen MR) is 111 cm³/mol. The Morgan fingerprint density at radius 2 is 1.96 bits per heavy atom. The molecule has 6 heteroatoms. The second-order valence-electron chi connectivity index (χ2n) is 6.23. The molecule has 3 rings (SSSR count). The van der Waals surface area contributed by atoms with Crippen LogP contribution in [0.4, 0.5) is 5.69 Å². The molecule has 1 heterocycles. The van der Waals surface area contributed by atoms with E-state index in [0.29, 0.717) is 22.6 Å². The molecule has 0 spiro atoms. The third-order valence-corrected chi connectivity index (χ3v) is 5.20. The Morgan fingerprint density at radius 1 is 1.26 bits per heavy atom. The Kier molecular flexibility index (Phi) is 5.76. The molecule has 3 aromatic rings. The maximum absolute atomic E-state index is 12.8. The molecular weight excluding hydrogens is 358 g/mol. The number of hydrogen-bond donors (Lipinski definition) is 1. The number of para-hydroxylation sites is 1. The standard InChI is InChI=1S/C21H21N3O2S/c1-4-13-24-20(26)17-7-5-6-8-18(17)23-21(24)27-15(3)19(25)22-16-11-9-14(2)10-12-16/h4-12,15H,1,13H2,2-3H3,(H,22,25). The molecule has 0 bridgehead atoms. The third-order valence-electron chi connectivity index (χ3n) is 4.11. The van der Waals surface area contributed by atoms with Gasteiger partial charge in [-0.2, -0.15) is 0 Å². The fraction of sp³-hybridized carbons (Fsp3) is 0.190. The number of aryl methyl sites for hydroxylation is 1. The lowest BCUT2D eigenvalue weighted by Gasteiger charge is -2.15. The van der Waals surface area contributed by atoms with Crippen LogP contribution in [0, 0.1) is 6.92 Å². The van der Waals surface area contributed by atoms with E-state index in [0.717, 1.165) is 11.3 Å². The zero-order valence-electron chi connectivity index (χ0n) is 15.3. The van der Waals surface area contributed by atoms with Gasteiger partial charge in [-0.05, 0) is 38.1 Å². The zero-order chi connectivity index (χ0) is 19.4. The number of fused-ring (bicyclic) bond motifs is 1. The molecule has 1 aromatic heterocycles. The summed E-state index contributed by atoms with van der Waals surface area (Å²) in [5.74, 6) is -0.142. The molecule has 0 aliphatic rings. The summed E-state index contributed by atoms with van der Waals surface area (Å²) in [7, 11) is 0. The molecule has 27 heavy (non-hydrogen) atoms. The average Bonchev–Trinajstić information content (AvgIpc) is 2.66. The lowest BCUT2D eigenvalue weighted by atomic mass is 10.2. The van der Waals surface area contributed by atoms with Crippen LogP contribution in [0.3, 0.4) is 0 Å². The van der Waals surface area contributed by atoms with Crippen LogP contribution in [0.5, 0.6) is 0 Å². The molecule has 1 unspecified atom stereocenters. The minimum Gasteiger partial charge on any atom is -0.325 e. The van der Waals surface area contributed by atoms with Crippen LogP contribution < -0.4 is 10.9 Å². The van der Waals surface area contributed by atoms with Crippen molar-refractivity contribution in [1.82, 2.24) is 9.55 Å². The van der Waals surface area contributed by atoms with Crippen molar-refractivity contribution in [1.29, 1.82) is 0 Å². The first-order valence-corrected chi connectivity index (χ1v) is 9.52. The maximum atomic E-state index is 12.8. The summed E-state index contributed by atoms with van der Waals surface area (Å²) in [5.41, 5.74) is 2.36. The van der Waals surface area contributed by atoms with Gasteiger partial charge in [0.05, 0.1) is 16.2 Å². The van der Waals surface area contributed by atoms with E-state index in [1.807, 2.05) is 43.3 Å². The topological polar surface area (TPSA) is 64.0 Å². The van der Waals surface area contributed by atoms with Crippen LogP contribution in [0.25, 0.3) is 10.9 Å². The van der Waals surface area contributed by atoms with Gasteiger partial charge in [-0.3, -0.25) is 14.2 Å². The number of amides is 1. The van der Waals surface area contributed by atoms with Crippen molar-refractivity contribution in [3.8, 4) is 0 Å². The number of carbonyl (C=O) groups is 1. The van der Waals surface area contributed by atoms with E-state index >= 15 is 0 Å². The van der Waals surface area contributed by atoms with Crippen molar-refractivity contribution in [2.75, 3.05) is 5.32 Å². The van der Waals surface area contributed by atoms with E-state index in [9.17, 15) is 9.59 Å². The number of carbonyl (C=O) groups excluding carboxylic acids is 1. The predicted octanol–water partition coefficient (Wildman–Crippen LogP) is 4.01. The smallest absolute Gasteiger partial charge is 0.262 e. The molecule has 1 atom stereocenters. The van der Waals surface area contributed by atoms with Crippen molar-refractivity contribution in [2.24, 2.45) is 0 Å². The van der Waals surface area contributed by atoms with E-state index in [1.165, 1.54) is 11.8 Å². The quantitative estimate of drug-likeness (QED) is 0.399. The number of nitrogens with one attached hydrogen (secondary N) is 1. The number of thioether (sulfide) groups is 1. The molecule has 2 aromatic carbocycles. The Bertz CT molecular complexity index is 1040. The normalized spacial score (nSPS) is 11.9. The summed E-state index contributed by atoms with van der Waals surface area (Å²) >= 11 is 1.26. The first-order valence-electron chi connectivity index (χ1n) is 8.64. The van der Waals surface area contributed by atoms with Crippen molar-refractivity contribution in [3.05, 3.63) is 77.1 Å². The highest BCUT2D eigenvalue weighted by Gasteiger charge is 2.19. The summed E-state index contributed by atoms with van der Waals surface area (Å²) in [6, 6.07) is 14.8. The SMILES string of the molecule is C=CCn1c(SC(C)C(=O)Nc2ccc(C)cc2)nc2ccccc2c1=O. The Balaban J connectivity index is 1.87. The van der Waals surface area contributed by atoms with Crippen molar-refractivity contribution < 1.29 is 4.79 Å². The molecule has 5 nitrogen and oxygen atoms in total. The summed E-state index contributed by atoms with van der Waals surface area (Å²) in [4.78, 5) is 29.9. The van der Waals surface area contributed by atoms with Crippen LogP contribution in [0.15, 0.2) is 71.1 Å². The number of allylic oxidation sites excluding steroid dienone is 1. The van der Waals surface area contributed by atoms with E-state index < -0.39 is 5.25 Å². The second-order valence-corrected chi connectivity index (χ2v) is 7.54. The molecule has 1 amide bonds. The lowest BCUT2D eigenvalue weighted by molar-refractivity contribution is -0.115. The Labute approximate surface area is 162 Å². The van der Waals surface area contributed by atoms with E-state index in [1.54, 1.807) is 29.7 Å². The zero-order valence-corrected chi connectivity index (χ0v) is 16.1. The van der Waals surface area contributed by atoms with Gasteiger partial charge in [0.25, 0.3) is 5.56 Å². The molecule has 0 fully saturated rings. The van der Waals surface area contributed by atoms with Gasteiger partial charge in [0.1, 0.15) is 0 Å². The molecule has 0 aliphatic heterocycles. The van der Waals surface area contributed by atoms with Crippen LogP contribution in [0.1, 0.15) is 12.5 Å². The molecule has 0 saturated heterocycles. The van der Waals surface area contributed by atoms with Gasteiger partial charge in [0.15, 0.2) is 5.16 Å². The van der Waals surface area contributed by atoms with Crippen molar-refractivity contribution in [3.63, 3.8) is 0 Å².